The Morgan fingerprint density at radius 1 is 1.35 bits per heavy atom. The SMILES string of the molecule is COc1ccc(CNCCNC(C)=O)cc1C. The molecule has 0 aliphatic rings. The number of benzene rings is 1. The number of nitrogens with one attached hydrogen (secondary N) is 2. The Bertz CT molecular complexity index is 378. The summed E-state index contributed by atoms with van der Waals surface area (Å²) >= 11 is 0. The molecule has 1 aromatic carbocycles. The third-order valence-electron chi connectivity index (χ3n) is 2.46. The van der Waals surface area contributed by atoms with Gasteiger partial charge in [0, 0.05) is 26.6 Å². The highest BCUT2D eigenvalue weighted by Gasteiger charge is 1.99. The first-order valence-electron chi connectivity index (χ1n) is 5.72. The van der Waals surface area contributed by atoms with Crippen molar-refractivity contribution in [2.45, 2.75) is 20.4 Å². The van der Waals surface area contributed by atoms with Crippen LogP contribution in [0.15, 0.2) is 18.2 Å². The van der Waals surface area contributed by atoms with Gasteiger partial charge in [-0.1, -0.05) is 12.1 Å². The molecule has 0 unspecified atom stereocenters. The molecule has 1 amide bonds. The van der Waals surface area contributed by atoms with Gasteiger partial charge in [-0.2, -0.15) is 0 Å². The first-order chi connectivity index (χ1) is 8.13. The molecule has 0 heterocycles. The van der Waals surface area contributed by atoms with Gasteiger partial charge in [-0.25, -0.2) is 0 Å². The quantitative estimate of drug-likeness (QED) is 0.730. The summed E-state index contributed by atoms with van der Waals surface area (Å²) in [5, 5.41) is 6.01. The van der Waals surface area contributed by atoms with E-state index in [1.165, 1.54) is 12.5 Å². The molecule has 0 saturated carbocycles. The fraction of sp³-hybridized carbons (Fsp3) is 0.462. The van der Waals surface area contributed by atoms with E-state index in [1.807, 2.05) is 19.1 Å². The van der Waals surface area contributed by atoms with Crippen LogP contribution in [0.25, 0.3) is 0 Å². The molecular weight excluding hydrogens is 216 g/mol. The van der Waals surface area contributed by atoms with Crippen molar-refractivity contribution in [3.8, 4) is 5.75 Å². The van der Waals surface area contributed by atoms with Crippen molar-refractivity contribution < 1.29 is 9.53 Å². The molecule has 0 bridgehead atoms. The Morgan fingerprint density at radius 2 is 2.12 bits per heavy atom. The lowest BCUT2D eigenvalue weighted by molar-refractivity contribution is -0.118. The van der Waals surface area contributed by atoms with Gasteiger partial charge in [0.05, 0.1) is 7.11 Å². The molecule has 0 saturated heterocycles. The minimum absolute atomic E-state index is 0.00657. The predicted molar refractivity (Wildman–Crippen MR) is 68.1 cm³/mol. The second kappa shape index (κ2) is 6.91. The van der Waals surface area contributed by atoms with Crippen molar-refractivity contribution in [2.75, 3.05) is 20.2 Å². The first-order valence-corrected chi connectivity index (χ1v) is 5.72. The lowest BCUT2D eigenvalue weighted by Gasteiger charge is -2.08. The zero-order valence-electron chi connectivity index (χ0n) is 10.7. The molecule has 0 atom stereocenters. The van der Waals surface area contributed by atoms with Crippen LogP contribution >= 0.6 is 0 Å². The number of aryl methyl sites for hydroxylation is 1. The molecule has 1 aromatic rings. The van der Waals surface area contributed by atoms with E-state index in [1.54, 1.807) is 7.11 Å². The van der Waals surface area contributed by atoms with Crippen LogP contribution in [-0.2, 0) is 11.3 Å². The van der Waals surface area contributed by atoms with Crippen molar-refractivity contribution in [3.63, 3.8) is 0 Å². The van der Waals surface area contributed by atoms with Crippen LogP contribution in [0.2, 0.25) is 0 Å². The molecule has 4 heteroatoms. The molecule has 2 N–H and O–H groups in total. The molecule has 0 aliphatic carbocycles. The maximum atomic E-state index is 10.6. The van der Waals surface area contributed by atoms with Gasteiger partial charge < -0.3 is 15.4 Å². The summed E-state index contributed by atoms with van der Waals surface area (Å²) in [6, 6.07) is 6.11. The molecule has 17 heavy (non-hydrogen) atoms. The van der Waals surface area contributed by atoms with Crippen LogP contribution in [0.3, 0.4) is 0 Å². The summed E-state index contributed by atoms with van der Waals surface area (Å²) in [7, 11) is 1.67. The van der Waals surface area contributed by atoms with Crippen LogP contribution in [0.4, 0.5) is 0 Å². The molecular formula is C13H20N2O2. The predicted octanol–water partition coefficient (Wildman–Crippen LogP) is 1.23. The molecule has 0 aliphatic heterocycles. The number of amides is 1. The van der Waals surface area contributed by atoms with Crippen molar-refractivity contribution in [1.29, 1.82) is 0 Å². The monoisotopic (exact) mass is 236 g/mol. The van der Waals surface area contributed by atoms with Crippen LogP contribution < -0.4 is 15.4 Å². The third-order valence-corrected chi connectivity index (χ3v) is 2.46. The van der Waals surface area contributed by atoms with Gasteiger partial charge in [0.25, 0.3) is 0 Å². The summed E-state index contributed by atoms with van der Waals surface area (Å²) in [5.41, 5.74) is 2.35. The summed E-state index contributed by atoms with van der Waals surface area (Å²) in [6.45, 7) is 5.77. The average molecular weight is 236 g/mol. The number of rotatable bonds is 6. The molecule has 0 radical (unpaired) electrons. The molecule has 4 nitrogen and oxygen atoms in total. The van der Waals surface area contributed by atoms with Crippen molar-refractivity contribution in [2.24, 2.45) is 0 Å². The molecule has 1 rings (SSSR count). The van der Waals surface area contributed by atoms with Crippen LogP contribution in [-0.4, -0.2) is 26.1 Å². The fourth-order valence-electron chi connectivity index (χ4n) is 1.61. The second-order valence-corrected chi connectivity index (χ2v) is 3.96. The van der Waals surface area contributed by atoms with Crippen LogP contribution in [0.1, 0.15) is 18.1 Å². The maximum Gasteiger partial charge on any atom is 0.216 e. The number of hydrogen-bond donors (Lipinski definition) is 2. The van der Waals surface area contributed by atoms with Crippen LogP contribution in [0, 0.1) is 6.92 Å². The van der Waals surface area contributed by atoms with E-state index in [4.69, 9.17) is 4.74 Å². The van der Waals surface area contributed by atoms with Gasteiger partial charge in [-0.15, -0.1) is 0 Å². The lowest BCUT2D eigenvalue weighted by atomic mass is 10.1. The van der Waals surface area contributed by atoms with Gasteiger partial charge in [0.2, 0.25) is 5.91 Å². The van der Waals surface area contributed by atoms with Crippen LogP contribution in [0.5, 0.6) is 5.75 Å². The normalized spacial score (nSPS) is 10.1. The van der Waals surface area contributed by atoms with Crippen molar-refractivity contribution in [1.82, 2.24) is 10.6 Å². The summed E-state index contributed by atoms with van der Waals surface area (Å²) in [4.78, 5) is 10.6. The topological polar surface area (TPSA) is 50.4 Å². The Morgan fingerprint density at radius 3 is 2.71 bits per heavy atom. The van der Waals surface area contributed by atoms with E-state index in [9.17, 15) is 4.79 Å². The smallest absolute Gasteiger partial charge is 0.216 e. The van der Waals surface area contributed by atoms with Gasteiger partial charge in [-0.05, 0) is 24.1 Å². The van der Waals surface area contributed by atoms with Crippen molar-refractivity contribution in [3.05, 3.63) is 29.3 Å². The standard InChI is InChI=1S/C13H20N2O2/c1-10-8-12(4-5-13(10)17-3)9-14-6-7-15-11(2)16/h4-5,8,14H,6-7,9H2,1-3H3,(H,15,16). The molecule has 0 fully saturated rings. The first kappa shape index (κ1) is 13.5. The van der Waals surface area contributed by atoms with E-state index in [0.717, 1.165) is 24.4 Å². The highest BCUT2D eigenvalue weighted by atomic mass is 16.5. The van der Waals surface area contributed by atoms with Gasteiger partial charge in [0.1, 0.15) is 5.75 Å². The second-order valence-electron chi connectivity index (χ2n) is 3.96. The number of methoxy groups -OCH3 is 1. The van der Waals surface area contributed by atoms with E-state index < -0.39 is 0 Å². The highest BCUT2D eigenvalue weighted by molar-refractivity contribution is 5.72. The van der Waals surface area contributed by atoms with Gasteiger partial charge in [-0.3, -0.25) is 4.79 Å². The minimum Gasteiger partial charge on any atom is -0.496 e. The number of ether oxygens (including phenoxy) is 1. The van der Waals surface area contributed by atoms with E-state index in [-0.39, 0.29) is 5.91 Å². The zero-order chi connectivity index (χ0) is 12.7. The Balaban J connectivity index is 2.32. The van der Waals surface area contributed by atoms with E-state index >= 15 is 0 Å². The third kappa shape index (κ3) is 4.87. The van der Waals surface area contributed by atoms with Crippen molar-refractivity contribution >= 4 is 5.91 Å². The molecule has 0 aromatic heterocycles. The summed E-state index contributed by atoms with van der Waals surface area (Å²) < 4.78 is 5.20. The summed E-state index contributed by atoms with van der Waals surface area (Å²) in [5.74, 6) is 0.916. The fourth-order valence-corrected chi connectivity index (χ4v) is 1.61. The average Bonchev–Trinajstić information content (AvgIpc) is 2.28. The lowest BCUT2D eigenvalue weighted by Crippen LogP contribution is -2.29. The Hall–Kier alpha value is -1.55. The Labute approximate surface area is 102 Å². The highest BCUT2D eigenvalue weighted by Crippen LogP contribution is 2.18. The Kier molecular flexibility index (Phi) is 5.49. The van der Waals surface area contributed by atoms with E-state index in [2.05, 4.69) is 16.7 Å². The molecule has 0 spiro atoms. The number of carbonyl (C=O) groups excluding carboxylic acids is 1. The summed E-state index contributed by atoms with van der Waals surface area (Å²) in [6.07, 6.45) is 0. The number of hydrogen-bond acceptors (Lipinski definition) is 3. The maximum absolute atomic E-state index is 10.6. The van der Waals surface area contributed by atoms with Gasteiger partial charge >= 0.3 is 0 Å². The minimum atomic E-state index is 0.00657. The zero-order valence-corrected chi connectivity index (χ0v) is 10.7. The number of carbonyl (C=O) groups is 1. The molecule has 94 valence electrons. The van der Waals surface area contributed by atoms with Gasteiger partial charge in [0.15, 0.2) is 0 Å². The van der Waals surface area contributed by atoms with E-state index in [0.29, 0.717) is 6.54 Å². The largest absolute Gasteiger partial charge is 0.496 e.